The Morgan fingerprint density at radius 1 is 1.62 bits per heavy atom. The first-order valence-electron chi connectivity index (χ1n) is 5.04. The highest BCUT2D eigenvalue weighted by molar-refractivity contribution is 5.93. The van der Waals surface area contributed by atoms with E-state index >= 15 is 0 Å². The van der Waals surface area contributed by atoms with Gasteiger partial charge < -0.3 is 15.2 Å². The number of amides is 1. The van der Waals surface area contributed by atoms with Crippen molar-refractivity contribution in [3.63, 3.8) is 0 Å². The van der Waals surface area contributed by atoms with Crippen molar-refractivity contribution in [2.24, 2.45) is 0 Å². The molecule has 5 nitrogen and oxygen atoms in total. The predicted molar refractivity (Wildman–Crippen MR) is 60.1 cm³/mol. The highest BCUT2D eigenvalue weighted by Gasteiger charge is 2.14. The number of aryl methyl sites for hydroxylation is 1. The Morgan fingerprint density at radius 3 is 2.94 bits per heavy atom. The van der Waals surface area contributed by atoms with Crippen molar-refractivity contribution in [1.82, 2.24) is 4.98 Å². The van der Waals surface area contributed by atoms with Gasteiger partial charge in [0.15, 0.2) is 0 Å². The zero-order chi connectivity index (χ0) is 12.0. The predicted octanol–water partition coefficient (Wildman–Crippen LogP) is 0.726. The largest absolute Gasteiger partial charge is 0.385 e. The molecule has 0 saturated heterocycles. The first-order chi connectivity index (χ1) is 7.63. The van der Waals surface area contributed by atoms with Gasteiger partial charge in [-0.05, 0) is 18.6 Å². The van der Waals surface area contributed by atoms with Gasteiger partial charge in [0, 0.05) is 26.3 Å². The number of carbonyl (C=O) groups is 1. The Kier molecular flexibility index (Phi) is 4.88. The van der Waals surface area contributed by atoms with Gasteiger partial charge in [0.1, 0.15) is 11.9 Å². The van der Waals surface area contributed by atoms with Crippen LogP contribution in [0, 0.1) is 6.92 Å². The topological polar surface area (TPSA) is 71.5 Å². The molecule has 0 aliphatic rings. The third-order valence-corrected chi connectivity index (χ3v) is 2.06. The van der Waals surface area contributed by atoms with E-state index in [0.717, 1.165) is 5.56 Å². The SMILES string of the molecule is COCCC(O)C(=O)Nc1ccc(C)cn1. The summed E-state index contributed by atoms with van der Waals surface area (Å²) < 4.78 is 4.77. The molecular weight excluding hydrogens is 208 g/mol. The quantitative estimate of drug-likeness (QED) is 0.773. The summed E-state index contributed by atoms with van der Waals surface area (Å²) in [4.78, 5) is 15.5. The van der Waals surface area contributed by atoms with Crippen LogP contribution in [-0.2, 0) is 9.53 Å². The summed E-state index contributed by atoms with van der Waals surface area (Å²) in [5.41, 5.74) is 1.01. The van der Waals surface area contributed by atoms with Crippen LogP contribution in [-0.4, -0.2) is 35.8 Å². The number of methoxy groups -OCH3 is 1. The van der Waals surface area contributed by atoms with Gasteiger partial charge in [0.25, 0.3) is 5.91 Å². The molecule has 1 rings (SSSR count). The van der Waals surface area contributed by atoms with Crippen LogP contribution in [0.3, 0.4) is 0 Å². The van der Waals surface area contributed by atoms with Gasteiger partial charge in [0.05, 0.1) is 0 Å². The van der Waals surface area contributed by atoms with E-state index in [2.05, 4.69) is 10.3 Å². The lowest BCUT2D eigenvalue weighted by Crippen LogP contribution is -2.29. The van der Waals surface area contributed by atoms with E-state index in [-0.39, 0.29) is 6.42 Å². The first kappa shape index (κ1) is 12.6. The maximum Gasteiger partial charge on any atom is 0.254 e. The van der Waals surface area contributed by atoms with Gasteiger partial charge in [-0.1, -0.05) is 6.07 Å². The summed E-state index contributed by atoms with van der Waals surface area (Å²) in [7, 11) is 1.52. The van der Waals surface area contributed by atoms with Gasteiger partial charge in [-0.25, -0.2) is 4.98 Å². The second-order valence-electron chi connectivity index (χ2n) is 3.51. The van der Waals surface area contributed by atoms with Crippen LogP contribution in [0.4, 0.5) is 5.82 Å². The molecule has 0 aliphatic heterocycles. The van der Waals surface area contributed by atoms with Crippen LogP contribution in [0.1, 0.15) is 12.0 Å². The van der Waals surface area contributed by atoms with E-state index in [4.69, 9.17) is 4.74 Å². The summed E-state index contributed by atoms with van der Waals surface area (Å²) in [5.74, 6) is -0.0273. The molecule has 5 heteroatoms. The number of ether oxygens (including phenoxy) is 1. The molecule has 0 saturated carbocycles. The lowest BCUT2D eigenvalue weighted by Gasteiger charge is -2.10. The summed E-state index contributed by atoms with van der Waals surface area (Å²) >= 11 is 0. The number of rotatable bonds is 5. The van der Waals surface area contributed by atoms with Gasteiger partial charge in [-0.15, -0.1) is 0 Å². The van der Waals surface area contributed by atoms with Crippen molar-refractivity contribution in [2.75, 3.05) is 19.0 Å². The number of anilines is 1. The number of hydrogen-bond acceptors (Lipinski definition) is 4. The number of aliphatic hydroxyl groups excluding tert-OH is 1. The lowest BCUT2D eigenvalue weighted by molar-refractivity contribution is -0.124. The van der Waals surface area contributed by atoms with Gasteiger partial charge in [0.2, 0.25) is 0 Å². The van der Waals surface area contributed by atoms with Crippen molar-refractivity contribution in [1.29, 1.82) is 0 Å². The van der Waals surface area contributed by atoms with E-state index in [1.165, 1.54) is 7.11 Å². The van der Waals surface area contributed by atoms with Crippen molar-refractivity contribution in [3.8, 4) is 0 Å². The average Bonchev–Trinajstić information content (AvgIpc) is 2.29. The fourth-order valence-electron chi connectivity index (χ4n) is 1.11. The second kappa shape index (κ2) is 6.19. The van der Waals surface area contributed by atoms with E-state index < -0.39 is 12.0 Å². The van der Waals surface area contributed by atoms with Gasteiger partial charge in [-0.2, -0.15) is 0 Å². The molecule has 1 aromatic rings. The summed E-state index contributed by atoms with van der Waals surface area (Å²) in [5, 5.41) is 12.0. The van der Waals surface area contributed by atoms with Gasteiger partial charge in [-0.3, -0.25) is 4.79 Å². The van der Waals surface area contributed by atoms with Gasteiger partial charge >= 0.3 is 0 Å². The minimum atomic E-state index is -1.07. The summed E-state index contributed by atoms with van der Waals surface area (Å²) in [6.07, 6.45) is 0.855. The smallest absolute Gasteiger partial charge is 0.254 e. The van der Waals surface area contributed by atoms with Crippen molar-refractivity contribution >= 4 is 11.7 Å². The van der Waals surface area contributed by atoms with Crippen LogP contribution < -0.4 is 5.32 Å². The van der Waals surface area contributed by atoms with E-state index in [1.54, 1.807) is 12.3 Å². The number of nitrogens with zero attached hydrogens (tertiary/aromatic N) is 1. The monoisotopic (exact) mass is 224 g/mol. The van der Waals surface area contributed by atoms with E-state index in [0.29, 0.717) is 12.4 Å². The number of aromatic nitrogens is 1. The van der Waals surface area contributed by atoms with Crippen molar-refractivity contribution in [3.05, 3.63) is 23.9 Å². The second-order valence-corrected chi connectivity index (χ2v) is 3.51. The van der Waals surface area contributed by atoms with Crippen LogP contribution in [0.2, 0.25) is 0 Å². The highest BCUT2D eigenvalue weighted by Crippen LogP contribution is 2.05. The van der Waals surface area contributed by atoms with Crippen LogP contribution in [0.25, 0.3) is 0 Å². The molecular formula is C11H16N2O3. The minimum Gasteiger partial charge on any atom is -0.385 e. The number of hydrogen-bond donors (Lipinski definition) is 2. The molecule has 1 atom stereocenters. The van der Waals surface area contributed by atoms with Crippen molar-refractivity contribution < 1.29 is 14.6 Å². The maximum atomic E-state index is 11.4. The minimum absolute atomic E-state index is 0.272. The molecule has 0 bridgehead atoms. The molecule has 0 radical (unpaired) electrons. The van der Waals surface area contributed by atoms with Crippen LogP contribution in [0.5, 0.6) is 0 Å². The molecule has 0 fully saturated rings. The maximum absolute atomic E-state index is 11.4. The molecule has 1 heterocycles. The Balaban J connectivity index is 2.47. The zero-order valence-electron chi connectivity index (χ0n) is 9.43. The molecule has 1 amide bonds. The fraction of sp³-hybridized carbons (Fsp3) is 0.455. The van der Waals surface area contributed by atoms with Crippen molar-refractivity contribution in [2.45, 2.75) is 19.4 Å². The first-order valence-corrected chi connectivity index (χ1v) is 5.04. The molecule has 88 valence electrons. The lowest BCUT2D eigenvalue weighted by atomic mass is 10.2. The molecule has 1 unspecified atom stereocenters. The molecule has 0 aliphatic carbocycles. The van der Waals surface area contributed by atoms with E-state index in [1.807, 2.05) is 13.0 Å². The Labute approximate surface area is 94.5 Å². The molecule has 0 aromatic carbocycles. The Bertz CT molecular complexity index is 338. The molecule has 0 spiro atoms. The Morgan fingerprint density at radius 2 is 2.38 bits per heavy atom. The number of carbonyl (C=O) groups excluding carboxylic acids is 1. The Hall–Kier alpha value is -1.46. The van der Waals surface area contributed by atoms with Crippen LogP contribution in [0.15, 0.2) is 18.3 Å². The molecule has 2 N–H and O–H groups in total. The zero-order valence-corrected chi connectivity index (χ0v) is 9.43. The third kappa shape index (κ3) is 3.96. The number of aliphatic hydroxyl groups is 1. The number of pyridine rings is 1. The summed E-state index contributed by atoms with van der Waals surface area (Å²) in [6, 6.07) is 3.53. The number of nitrogens with one attached hydrogen (secondary N) is 1. The van der Waals surface area contributed by atoms with E-state index in [9.17, 15) is 9.90 Å². The third-order valence-electron chi connectivity index (χ3n) is 2.06. The highest BCUT2D eigenvalue weighted by atomic mass is 16.5. The normalized spacial score (nSPS) is 12.2. The standard InChI is InChI=1S/C11H16N2O3/c1-8-3-4-10(12-7-8)13-11(15)9(14)5-6-16-2/h3-4,7,9,14H,5-6H2,1-2H3,(H,12,13,15). The molecule has 1 aromatic heterocycles. The fourth-order valence-corrected chi connectivity index (χ4v) is 1.11. The average molecular weight is 224 g/mol. The molecule has 16 heavy (non-hydrogen) atoms. The summed E-state index contributed by atoms with van der Waals surface area (Å²) in [6.45, 7) is 2.25. The van der Waals surface area contributed by atoms with Crippen LogP contribution >= 0.6 is 0 Å².